The highest BCUT2D eigenvalue weighted by Gasteiger charge is 2.53. The van der Waals surface area contributed by atoms with E-state index in [-0.39, 0.29) is 5.41 Å². The van der Waals surface area contributed by atoms with Gasteiger partial charge in [0.15, 0.2) is 0 Å². The van der Waals surface area contributed by atoms with E-state index in [1.165, 1.54) is 66.4 Å². The zero-order valence-corrected chi connectivity index (χ0v) is 28.8. The van der Waals surface area contributed by atoms with Crippen molar-refractivity contribution in [2.75, 3.05) is 4.90 Å². The number of hydrogen-bond acceptors (Lipinski definition) is 1. The standard InChI is InChI=1S/C50H37N/c1-49(2)42-27-13-15-29-44(42)50(45-30-16-14-28-43(45)49)41-26-12-11-24-40(41)48-39(25-17-31-46(48)50)37-32-33-47(38-23-10-9-22-36(37)38)51(34-18-5-3-6-19-34)35-20-7-4-8-21-35/h3-33H,1-2H3. The maximum Gasteiger partial charge on any atom is 0.0719 e. The molecule has 0 radical (unpaired) electrons. The molecule has 0 unspecified atom stereocenters. The summed E-state index contributed by atoms with van der Waals surface area (Å²) in [4.78, 5) is 2.38. The molecule has 2 aliphatic carbocycles. The van der Waals surface area contributed by atoms with E-state index in [4.69, 9.17) is 0 Å². The number of hydrogen-bond donors (Lipinski definition) is 0. The normalized spacial score (nSPS) is 14.4. The highest BCUT2D eigenvalue weighted by molar-refractivity contribution is 6.09. The van der Waals surface area contributed by atoms with E-state index < -0.39 is 5.41 Å². The molecule has 0 saturated carbocycles. The molecule has 2 aliphatic rings. The summed E-state index contributed by atoms with van der Waals surface area (Å²) in [5.41, 5.74) is 16.3. The Balaban J connectivity index is 1.27. The summed E-state index contributed by atoms with van der Waals surface area (Å²) in [6.45, 7) is 4.77. The van der Waals surface area contributed by atoms with Gasteiger partial charge in [-0.05, 0) is 91.4 Å². The van der Waals surface area contributed by atoms with Crippen LogP contribution < -0.4 is 4.90 Å². The molecule has 0 N–H and O–H groups in total. The summed E-state index contributed by atoms with van der Waals surface area (Å²) in [6, 6.07) is 69.5. The van der Waals surface area contributed by atoms with Crippen molar-refractivity contribution in [2.24, 2.45) is 0 Å². The van der Waals surface area contributed by atoms with Crippen LogP contribution in [-0.2, 0) is 10.8 Å². The molecule has 8 aromatic carbocycles. The number of rotatable bonds is 4. The van der Waals surface area contributed by atoms with Crippen molar-refractivity contribution < 1.29 is 0 Å². The lowest BCUT2D eigenvalue weighted by molar-refractivity contribution is 0.563. The molecule has 0 amide bonds. The second-order valence-electron chi connectivity index (χ2n) is 14.4. The predicted octanol–water partition coefficient (Wildman–Crippen LogP) is 13.0. The number of anilines is 3. The van der Waals surface area contributed by atoms with Crippen LogP contribution in [0.25, 0.3) is 33.0 Å². The van der Waals surface area contributed by atoms with Gasteiger partial charge in [0.25, 0.3) is 0 Å². The van der Waals surface area contributed by atoms with Crippen LogP contribution in [0.2, 0.25) is 0 Å². The Morgan fingerprint density at radius 2 is 0.804 bits per heavy atom. The highest BCUT2D eigenvalue weighted by Crippen LogP contribution is 2.63. The minimum Gasteiger partial charge on any atom is -0.310 e. The predicted molar refractivity (Wildman–Crippen MR) is 213 cm³/mol. The van der Waals surface area contributed by atoms with Crippen molar-refractivity contribution in [3.05, 3.63) is 221 Å². The minimum atomic E-state index is -0.419. The van der Waals surface area contributed by atoms with Crippen molar-refractivity contribution in [1.29, 1.82) is 0 Å². The fraction of sp³-hybridized carbons (Fsp3) is 0.0800. The molecule has 242 valence electrons. The molecule has 0 fully saturated rings. The molecule has 0 atom stereocenters. The molecule has 1 spiro atoms. The summed E-state index contributed by atoms with van der Waals surface area (Å²) < 4.78 is 0. The zero-order chi connectivity index (χ0) is 34.2. The van der Waals surface area contributed by atoms with Gasteiger partial charge in [0.05, 0.1) is 11.1 Å². The fourth-order valence-corrected chi connectivity index (χ4v) is 9.43. The van der Waals surface area contributed by atoms with E-state index in [0.717, 1.165) is 17.1 Å². The van der Waals surface area contributed by atoms with Crippen LogP contribution in [0, 0.1) is 0 Å². The minimum absolute atomic E-state index is 0.122. The molecule has 0 aromatic heterocycles. The van der Waals surface area contributed by atoms with E-state index in [2.05, 4.69) is 207 Å². The van der Waals surface area contributed by atoms with Crippen molar-refractivity contribution >= 4 is 27.8 Å². The molecule has 0 aliphatic heterocycles. The largest absolute Gasteiger partial charge is 0.310 e. The molecular weight excluding hydrogens is 615 g/mol. The van der Waals surface area contributed by atoms with E-state index in [0.29, 0.717) is 0 Å². The fourth-order valence-electron chi connectivity index (χ4n) is 9.43. The Morgan fingerprint density at radius 1 is 0.333 bits per heavy atom. The third-order valence-electron chi connectivity index (χ3n) is 11.5. The van der Waals surface area contributed by atoms with E-state index >= 15 is 0 Å². The summed E-state index contributed by atoms with van der Waals surface area (Å²) in [5, 5.41) is 2.46. The third-order valence-corrected chi connectivity index (χ3v) is 11.5. The molecule has 8 aromatic rings. The van der Waals surface area contributed by atoms with Gasteiger partial charge in [-0.25, -0.2) is 0 Å². The van der Waals surface area contributed by atoms with Gasteiger partial charge >= 0.3 is 0 Å². The van der Waals surface area contributed by atoms with Crippen LogP contribution in [0.1, 0.15) is 47.2 Å². The van der Waals surface area contributed by atoms with Crippen LogP contribution in [0.5, 0.6) is 0 Å². The highest BCUT2D eigenvalue weighted by atomic mass is 15.1. The van der Waals surface area contributed by atoms with Crippen LogP contribution in [0.15, 0.2) is 188 Å². The van der Waals surface area contributed by atoms with Crippen LogP contribution in [0.4, 0.5) is 17.1 Å². The first-order chi connectivity index (χ1) is 25.1. The molecule has 0 saturated heterocycles. The van der Waals surface area contributed by atoms with Crippen LogP contribution in [-0.4, -0.2) is 0 Å². The Labute approximate surface area is 300 Å². The number of para-hydroxylation sites is 2. The van der Waals surface area contributed by atoms with E-state index in [1.807, 2.05) is 0 Å². The molecular formula is C50H37N. The Hall–Kier alpha value is -6.18. The van der Waals surface area contributed by atoms with Crippen LogP contribution in [0.3, 0.4) is 0 Å². The van der Waals surface area contributed by atoms with Gasteiger partial charge in [-0.3, -0.25) is 0 Å². The second kappa shape index (κ2) is 11.2. The van der Waals surface area contributed by atoms with Gasteiger partial charge in [0.1, 0.15) is 0 Å². The number of benzene rings is 8. The molecule has 1 heteroatoms. The van der Waals surface area contributed by atoms with E-state index in [1.54, 1.807) is 0 Å². The number of fused-ring (bicyclic) bond motifs is 10. The first-order valence-electron chi connectivity index (χ1n) is 18.0. The monoisotopic (exact) mass is 651 g/mol. The number of nitrogens with zero attached hydrogens (tertiary/aromatic N) is 1. The quantitative estimate of drug-likeness (QED) is 0.183. The van der Waals surface area contributed by atoms with Gasteiger partial charge in [-0.1, -0.05) is 172 Å². The van der Waals surface area contributed by atoms with E-state index in [9.17, 15) is 0 Å². The maximum atomic E-state index is 2.40. The third kappa shape index (κ3) is 4.09. The molecule has 1 nitrogen and oxygen atoms in total. The van der Waals surface area contributed by atoms with Gasteiger partial charge in [0, 0.05) is 22.2 Å². The van der Waals surface area contributed by atoms with Gasteiger partial charge in [-0.15, -0.1) is 0 Å². The van der Waals surface area contributed by atoms with Crippen LogP contribution >= 0.6 is 0 Å². The summed E-state index contributed by atoms with van der Waals surface area (Å²) in [6.07, 6.45) is 0. The van der Waals surface area contributed by atoms with Gasteiger partial charge < -0.3 is 4.90 Å². The average molecular weight is 652 g/mol. The lowest BCUT2D eigenvalue weighted by atomic mass is 9.55. The van der Waals surface area contributed by atoms with Crippen molar-refractivity contribution in [3.8, 4) is 22.3 Å². The lowest BCUT2D eigenvalue weighted by Crippen LogP contribution is -2.40. The van der Waals surface area contributed by atoms with Crippen molar-refractivity contribution in [3.63, 3.8) is 0 Å². The topological polar surface area (TPSA) is 3.24 Å². The molecule has 10 rings (SSSR count). The molecule has 51 heavy (non-hydrogen) atoms. The zero-order valence-electron chi connectivity index (χ0n) is 28.8. The van der Waals surface area contributed by atoms with Gasteiger partial charge in [-0.2, -0.15) is 0 Å². The summed E-state index contributed by atoms with van der Waals surface area (Å²) >= 11 is 0. The first-order valence-corrected chi connectivity index (χ1v) is 18.0. The Bertz CT molecular complexity index is 2530. The summed E-state index contributed by atoms with van der Waals surface area (Å²) in [5.74, 6) is 0. The lowest BCUT2D eigenvalue weighted by Gasteiger charge is -2.46. The molecule has 0 heterocycles. The maximum absolute atomic E-state index is 2.40. The average Bonchev–Trinajstić information content (AvgIpc) is 3.49. The smallest absolute Gasteiger partial charge is 0.0719 e. The Morgan fingerprint density at radius 3 is 1.43 bits per heavy atom. The first kappa shape index (κ1) is 29.7. The van der Waals surface area contributed by atoms with Crippen molar-refractivity contribution in [1.82, 2.24) is 0 Å². The second-order valence-corrected chi connectivity index (χ2v) is 14.4. The Kier molecular flexibility index (Phi) is 6.51. The summed E-state index contributed by atoms with van der Waals surface area (Å²) in [7, 11) is 0. The molecule has 0 bridgehead atoms. The van der Waals surface area contributed by atoms with Crippen molar-refractivity contribution in [2.45, 2.75) is 24.7 Å². The SMILES string of the molecule is CC1(C)c2ccccc2C2(c3ccccc3-c3c(-c4ccc(N(c5ccccc5)c5ccccc5)c5ccccc45)cccc32)c2ccccc21. The van der Waals surface area contributed by atoms with Gasteiger partial charge in [0.2, 0.25) is 0 Å².